The van der Waals surface area contributed by atoms with Crippen LogP contribution in [-0.2, 0) is 30.6 Å². The normalized spacial score (nSPS) is 19.0. The Morgan fingerprint density at radius 1 is 1.15 bits per heavy atom. The Hall–Kier alpha value is -2.49. The number of aliphatic carboxylic acids is 2. The van der Waals surface area contributed by atoms with Crippen LogP contribution < -0.4 is 10.8 Å². The first kappa shape index (κ1) is 21.6. The van der Waals surface area contributed by atoms with E-state index < -0.39 is 11.9 Å². The van der Waals surface area contributed by atoms with Gasteiger partial charge in [-0.15, -0.1) is 0 Å². The third-order valence-corrected chi connectivity index (χ3v) is 3.50. The summed E-state index contributed by atoms with van der Waals surface area (Å²) in [6.45, 7) is 3.50. The molecule has 2 atom stereocenters. The van der Waals surface area contributed by atoms with Crippen molar-refractivity contribution in [2.75, 3.05) is 13.2 Å². The molecule has 0 unspecified atom stereocenters. The Morgan fingerprint density at radius 3 is 2.31 bits per heavy atom. The molecular weight excluding hydrogens is 344 g/mol. The number of ether oxygens (including phenoxy) is 1. The molecule has 0 radical (unpaired) electrons. The highest BCUT2D eigenvalue weighted by molar-refractivity contribution is 6.27. The van der Waals surface area contributed by atoms with Crippen molar-refractivity contribution in [2.24, 2.45) is 0 Å². The van der Waals surface area contributed by atoms with E-state index in [4.69, 9.17) is 29.4 Å². The van der Waals surface area contributed by atoms with E-state index in [0.717, 1.165) is 18.4 Å². The number of carbonyl (C=O) groups excluding carboxylic acids is 1. The lowest BCUT2D eigenvalue weighted by molar-refractivity contribution is -0.159. The van der Waals surface area contributed by atoms with Crippen molar-refractivity contribution in [1.82, 2.24) is 10.8 Å². The second kappa shape index (κ2) is 12.0. The summed E-state index contributed by atoms with van der Waals surface area (Å²) in [5.41, 5.74) is 4.18. The molecule has 0 aromatic heterocycles. The van der Waals surface area contributed by atoms with E-state index in [1.807, 2.05) is 37.3 Å². The zero-order chi connectivity index (χ0) is 19.4. The van der Waals surface area contributed by atoms with Crippen LogP contribution in [0.2, 0.25) is 0 Å². The number of carboxylic acids is 2. The van der Waals surface area contributed by atoms with Gasteiger partial charge in [-0.2, -0.15) is 5.48 Å². The predicted octanol–water partition coefficient (Wildman–Crippen LogP) is 0.547. The fourth-order valence-corrected chi connectivity index (χ4v) is 2.22. The molecule has 4 N–H and O–H groups in total. The van der Waals surface area contributed by atoms with E-state index in [2.05, 4.69) is 10.8 Å². The summed E-state index contributed by atoms with van der Waals surface area (Å²) in [5.74, 6) is -3.80. The van der Waals surface area contributed by atoms with Gasteiger partial charge in [0.1, 0.15) is 6.04 Å². The van der Waals surface area contributed by atoms with Crippen LogP contribution in [0.5, 0.6) is 0 Å². The molecule has 1 heterocycles. The van der Waals surface area contributed by atoms with Crippen LogP contribution in [-0.4, -0.2) is 53.4 Å². The van der Waals surface area contributed by atoms with Gasteiger partial charge in [0.15, 0.2) is 0 Å². The number of rotatable bonds is 6. The Balaban J connectivity index is 0.000000487. The van der Waals surface area contributed by atoms with E-state index in [0.29, 0.717) is 19.8 Å². The summed E-state index contributed by atoms with van der Waals surface area (Å²) in [6.07, 6.45) is 1.66. The van der Waals surface area contributed by atoms with E-state index >= 15 is 0 Å². The van der Waals surface area contributed by atoms with Crippen molar-refractivity contribution in [3.05, 3.63) is 35.9 Å². The number of carbonyl (C=O) groups is 3. The summed E-state index contributed by atoms with van der Waals surface area (Å²) < 4.78 is 5.00. The van der Waals surface area contributed by atoms with Gasteiger partial charge in [0.2, 0.25) is 0 Å². The maximum atomic E-state index is 11.6. The highest BCUT2D eigenvalue weighted by Crippen LogP contribution is 2.10. The van der Waals surface area contributed by atoms with Crippen molar-refractivity contribution in [3.8, 4) is 0 Å². The van der Waals surface area contributed by atoms with Crippen molar-refractivity contribution >= 4 is 17.9 Å². The first-order valence-electron chi connectivity index (χ1n) is 8.21. The van der Waals surface area contributed by atoms with Crippen molar-refractivity contribution in [2.45, 2.75) is 38.5 Å². The molecule has 1 aromatic carbocycles. The van der Waals surface area contributed by atoms with Crippen molar-refractivity contribution in [1.29, 1.82) is 0 Å². The van der Waals surface area contributed by atoms with Gasteiger partial charge in [-0.1, -0.05) is 30.3 Å². The zero-order valence-electron chi connectivity index (χ0n) is 14.5. The molecule has 1 aliphatic heterocycles. The molecule has 1 saturated heterocycles. The lowest BCUT2D eigenvalue weighted by atomic mass is 10.0. The molecule has 1 aromatic rings. The van der Waals surface area contributed by atoms with Crippen LogP contribution in [0.25, 0.3) is 0 Å². The number of nitrogens with one attached hydrogen (secondary N) is 2. The van der Waals surface area contributed by atoms with Gasteiger partial charge in [0, 0.05) is 12.6 Å². The molecule has 144 valence electrons. The summed E-state index contributed by atoms with van der Waals surface area (Å²) in [5, 5.41) is 18.0. The summed E-state index contributed by atoms with van der Waals surface area (Å²) in [6, 6.07) is 10.1. The maximum Gasteiger partial charge on any atom is 0.414 e. The van der Waals surface area contributed by atoms with Crippen LogP contribution in [0, 0.1) is 0 Å². The average Bonchev–Trinajstić information content (AvgIpc) is 2.64. The number of benzene rings is 1. The van der Waals surface area contributed by atoms with Crippen LogP contribution in [0.1, 0.15) is 25.3 Å². The Bertz CT molecular complexity index is 560. The monoisotopic (exact) mass is 368 g/mol. The molecule has 9 heteroatoms. The smallest absolute Gasteiger partial charge is 0.414 e. The van der Waals surface area contributed by atoms with E-state index in [1.54, 1.807) is 0 Å². The van der Waals surface area contributed by atoms with E-state index in [1.165, 1.54) is 0 Å². The quantitative estimate of drug-likeness (QED) is 0.322. The van der Waals surface area contributed by atoms with Gasteiger partial charge in [-0.3, -0.25) is 9.63 Å². The molecule has 2 rings (SSSR count). The lowest BCUT2D eigenvalue weighted by Gasteiger charge is -2.28. The third-order valence-electron chi connectivity index (χ3n) is 3.50. The first-order valence-corrected chi connectivity index (χ1v) is 8.21. The second-order valence-electron chi connectivity index (χ2n) is 5.49. The SMILES string of the molecule is CCOC(=O)[C@@H]1CC[C@@H](NOCc2ccccc2)CN1.O=C(O)C(=O)O. The predicted molar refractivity (Wildman–Crippen MR) is 91.1 cm³/mol. The lowest BCUT2D eigenvalue weighted by Crippen LogP contribution is -2.51. The minimum absolute atomic E-state index is 0.156. The number of hydrogen-bond donors (Lipinski definition) is 4. The number of esters is 1. The standard InChI is InChI=1S/C15H22N2O3.C2H2O4/c1-2-19-15(18)14-9-8-13(10-16-14)17-20-11-12-6-4-3-5-7-12;3-1(4)2(5)6/h3-7,13-14,16-17H,2,8-11H2,1H3;(H,3,4)(H,5,6)/t13-,14+;/m1./s1. The van der Waals surface area contributed by atoms with Crippen molar-refractivity contribution in [3.63, 3.8) is 0 Å². The maximum absolute atomic E-state index is 11.6. The van der Waals surface area contributed by atoms with Crippen LogP contribution in [0.3, 0.4) is 0 Å². The number of carboxylic acid groups (broad SMARTS) is 2. The molecular formula is C17H24N2O7. The largest absolute Gasteiger partial charge is 0.473 e. The third kappa shape index (κ3) is 8.56. The van der Waals surface area contributed by atoms with Gasteiger partial charge in [0.25, 0.3) is 0 Å². The molecule has 0 bridgehead atoms. The summed E-state index contributed by atoms with van der Waals surface area (Å²) in [4.78, 5) is 35.3. The van der Waals surface area contributed by atoms with Gasteiger partial charge in [0.05, 0.1) is 13.2 Å². The Kier molecular flexibility index (Phi) is 9.91. The van der Waals surface area contributed by atoms with Crippen molar-refractivity contribution < 1.29 is 34.2 Å². The number of hydroxylamine groups is 1. The van der Waals surface area contributed by atoms with Gasteiger partial charge >= 0.3 is 17.9 Å². The molecule has 0 spiro atoms. The Morgan fingerprint density at radius 2 is 1.81 bits per heavy atom. The van der Waals surface area contributed by atoms with Gasteiger partial charge in [-0.05, 0) is 25.3 Å². The topological polar surface area (TPSA) is 134 Å². The fourth-order valence-electron chi connectivity index (χ4n) is 2.22. The fraction of sp³-hybridized carbons (Fsp3) is 0.471. The van der Waals surface area contributed by atoms with Gasteiger partial charge in [-0.25, -0.2) is 9.59 Å². The summed E-state index contributed by atoms with van der Waals surface area (Å²) >= 11 is 0. The van der Waals surface area contributed by atoms with Crippen LogP contribution in [0.4, 0.5) is 0 Å². The number of hydrogen-bond acceptors (Lipinski definition) is 7. The Labute approximate surface area is 151 Å². The average molecular weight is 368 g/mol. The molecule has 0 amide bonds. The highest BCUT2D eigenvalue weighted by Gasteiger charge is 2.26. The van der Waals surface area contributed by atoms with E-state index in [9.17, 15) is 4.79 Å². The van der Waals surface area contributed by atoms with E-state index in [-0.39, 0.29) is 18.1 Å². The minimum Gasteiger partial charge on any atom is -0.473 e. The first-order chi connectivity index (χ1) is 12.4. The zero-order valence-corrected chi connectivity index (χ0v) is 14.5. The summed E-state index contributed by atoms with van der Waals surface area (Å²) in [7, 11) is 0. The molecule has 0 aliphatic carbocycles. The minimum atomic E-state index is -1.82. The number of piperidine rings is 1. The molecule has 26 heavy (non-hydrogen) atoms. The molecule has 1 fully saturated rings. The van der Waals surface area contributed by atoms with Gasteiger partial charge < -0.3 is 20.3 Å². The van der Waals surface area contributed by atoms with Crippen LogP contribution in [0.15, 0.2) is 30.3 Å². The second-order valence-corrected chi connectivity index (χ2v) is 5.49. The molecule has 0 saturated carbocycles. The molecule has 1 aliphatic rings. The highest BCUT2D eigenvalue weighted by atomic mass is 16.6. The van der Waals surface area contributed by atoms with Crippen LogP contribution >= 0.6 is 0 Å². The molecule has 9 nitrogen and oxygen atoms in total.